The second-order valence-corrected chi connectivity index (χ2v) is 8.93. The van der Waals surface area contributed by atoms with Crippen molar-refractivity contribution in [1.82, 2.24) is 6.15 Å². The molecule has 0 bridgehead atoms. The fraction of sp³-hybridized carbons (Fsp3) is 0.100. The average Bonchev–Trinajstić information content (AvgIpc) is 2.59. The highest BCUT2D eigenvalue weighted by molar-refractivity contribution is 7.95. The van der Waals surface area contributed by atoms with E-state index in [-0.39, 0.29) is 31.0 Å². The molecule has 3 rings (SSSR count). The average molecular weight is 380 g/mol. The third-order valence-corrected chi connectivity index (χ3v) is 8.55. The van der Waals surface area contributed by atoms with Gasteiger partial charge in [-0.15, -0.1) is 12.4 Å². The molecule has 0 spiro atoms. The van der Waals surface area contributed by atoms with E-state index in [1.807, 2.05) is 0 Å². The molecule has 4 heteroatoms. The summed E-state index contributed by atoms with van der Waals surface area (Å²) in [6, 6.07) is 33.0. The SMILES string of the molecule is CC[P+](c1ccccc1)(c1ccccc1)c1ccccc1.Cl.N.[Cl-]. The Hall–Kier alpha value is -1.37. The van der Waals surface area contributed by atoms with Crippen LogP contribution in [0.5, 0.6) is 0 Å². The molecule has 0 heterocycles. The van der Waals surface area contributed by atoms with Crippen LogP contribution in [0, 0.1) is 0 Å². The van der Waals surface area contributed by atoms with Crippen molar-refractivity contribution < 1.29 is 12.4 Å². The Balaban J connectivity index is 0.00000176. The summed E-state index contributed by atoms with van der Waals surface area (Å²) >= 11 is 0. The van der Waals surface area contributed by atoms with Crippen LogP contribution in [-0.2, 0) is 0 Å². The Morgan fingerprint density at radius 2 is 0.833 bits per heavy atom. The molecule has 0 radical (unpaired) electrons. The lowest BCUT2D eigenvalue weighted by Gasteiger charge is -2.26. The summed E-state index contributed by atoms with van der Waals surface area (Å²) in [7, 11) is -1.53. The molecule has 0 saturated heterocycles. The summed E-state index contributed by atoms with van der Waals surface area (Å²) < 4.78 is 0. The van der Waals surface area contributed by atoms with Crippen molar-refractivity contribution in [2.75, 3.05) is 6.16 Å². The summed E-state index contributed by atoms with van der Waals surface area (Å²) in [5.74, 6) is 0. The lowest BCUT2D eigenvalue weighted by molar-refractivity contribution is -0.00000473. The van der Waals surface area contributed by atoms with Gasteiger partial charge in [0, 0.05) is 0 Å². The smallest absolute Gasteiger partial charge is 0.111 e. The molecule has 3 aromatic carbocycles. The molecule has 0 aliphatic heterocycles. The Labute approximate surface area is 158 Å². The van der Waals surface area contributed by atoms with Crippen molar-refractivity contribution in [2.45, 2.75) is 6.92 Å². The molecular formula is C20H24Cl2NP. The molecule has 0 aromatic heterocycles. The van der Waals surface area contributed by atoms with Crippen LogP contribution < -0.4 is 34.5 Å². The van der Waals surface area contributed by atoms with Crippen LogP contribution >= 0.6 is 19.7 Å². The van der Waals surface area contributed by atoms with Crippen molar-refractivity contribution in [3.63, 3.8) is 0 Å². The lowest BCUT2D eigenvalue weighted by Crippen LogP contribution is -3.00. The Kier molecular flexibility index (Phi) is 9.89. The molecule has 24 heavy (non-hydrogen) atoms. The normalized spacial score (nSPS) is 9.88. The first-order valence-corrected chi connectivity index (χ1v) is 9.40. The van der Waals surface area contributed by atoms with E-state index in [4.69, 9.17) is 0 Å². The molecule has 128 valence electrons. The summed E-state index contributed by atoms with van der Waals surface area (Å²) in [4.78, 5) is 0. The van der Waals surface area contributed by atoms with Crippen LogP contribution in [0.1, 0.15) is 6.92 Å². The van der Waals surface area contributed by atoms with Gasteiger partial charge in [-0.3, -0.25) is 0 Å². The number of hydrogen-bond donors (Lipinski definition) is 1. The summed E-state index contributed by atoms with van der Waals surface area (Å²) in [5, 5.41) is 4.39. The Bertz CT molecular complexity index is 594. The highest BCUT2D eigenvalue weighted by atomic mass is 35.5. The molecule has 0 unspecified atom stereocenters. The summed E-state index contributed by atoms with van der Waals surface area (Å²) in [6.45, 7) is 2.32. The van der Waals surface area contributed by atoms with Crippen LogP contribution in [-0.4, -0.2) is 6.16 Å². The molecular weight excluding hydrogens is 356 g/mol. The van der Waals surface area contributed by atoms with Gasteiger partial charge in [-0.05, 0) is 43.3 Å². The monoisotopic (exact) mass is 379 g/mol. The van der Waals surface area contributed by atoms with Gasteiger partial charge in [0.15, 0.2) is 0 Å². The number of halogens is 2. The third kappa shape index (κ3) is 4.18. The minimum absolute atomic E-state index is 0. The maximum Gasteiger partial charge on any atom is 0.111 e. The molecule has 1 nitrogen and oxygen atoms in total. The molecule has 3 aromatic rings. The number of rotatable bonds is 4. The van der Waals surface area contributed by atoms with Gasteiger partial charge in [-0.2, -0.15) is 0 Å². The van der Waals surface area contributed by atoms with Gasteiger partial charge in [-0.25, -0.2) is 0 Å². The van der Waals surface area contributed by atoms with Crippen molar-refractivity contribution in [2.24, 2.45) is 0 Å². The zero-order valence-corrected chi connectivity index (χ0v) is 16.3. The minimum atomic E-state index is -1.53. The van der Waals surface area contributed by atoms with Crippen molar-refractivity contribution in [1.29, 1.82) is 0 Å². The molecule has 0 aliphatic carbocycles. The van der Waals surface area contributed by atoms with E-state index in [9.17, 15) is 0 Å². The van der Waals surface area contributed by atoms with E-state index in [2.05, 4.69) is 97.9 Å². The van der Waals surface area contributed by atoms with Crippen LogP contribution in [0.2, 0.25) is 0 Å². The number of benzene rings is 3. The maximum absolute atomic E-state index is 2.32. The van der Waals surface area contributed by atoms with Crippen molar-refractivity contribution in [3.05, 3.63) is 91.0 Å². The predicted octanol–water partition coefficient (Wildman–Crippen LogP) is 1.59. The van der Waals surface area contributed by atoms with Crippen LogP contribution in [0.15, 0.2) is 91.0 Å². The van der Waals surface area contributed by atoms with Crippen LogP contribution in [0.4, 0.5) is 0 Å². The summed E-state index contributed by atoms with van der Waals surface area (Å²) in [5.41, 5.74) is 0. The molecule has 0 atom stereocenters. The minimum Gasteiger partial charge on any atom is -1.00 e. The van der Waals surface area contributed by atoms with E-state index < -0.39 is 7.26 Å². The molecule has 3 N–H and O–H groups in total. The third-order valence-electron chi connectivity index (χ3n) is 4.07. The van der Waals surface area contributed by atoms with Gasteiger partial charge in [0.05, 0.1) is 6.16 Å². The second-order valence-electron chi connectivity index (χ2n) is 5.13. The van der Waals surface area contributed by atoms with Crippen molar-refractivity contribution >= 4 is 35.6 Å². The quantitative estimate of drug-likeness (QED) is 0.686. The molecule has 0 fully saturated rings. The first-order valence-electron chi connectivity index (χ1n) is 7.43. The van der Waals surface area contributed by atoms with Gasteiger partial charge in [-0.1, -0.05) is 54.6 Å². The zero-order valence-electron chi connectivity index (χ0n) is 13.8. The fourth-order valence-electron chi connectivity index (χ4n) is 3.04. The van der Waals surface area contributed by atoms with Gasteiger partial charge in [0.2, 0.25) is 0 Å². The fourth-order valence-corrected chi connectivity index (χ4v) is 7.08. The van der Waals surface area contributed by atoms with E-state index in [0.29, 0.717) is 0 Å². The predicted molar refractivity (Wildman–Crippen MR) is 108 cm³/mol. The topological polar surface area (TPSA) is 35.0 Å². The van der Waals surface area contributed by atoms with Gasteiger partial charge < -0.3 is 18.6 Å². The van der Waals surface area contributed by atoms with Crippen LogP contribution in [0.25, 0.3) is 0 Å². The number of hydrogen-bond acceptors (Lipinski definition) is 1. The van der Waals surface area contributed by atoms with Gasteiger partial charge in [0.25, 0.3) is 0 Å². The van der Waals surface area contributed by atoms with E-state index in [1.165, 1.54) is 15.9 Å². The summed E-state index contributed by atoms with van der Waals surface area (Å²) in [6.07, 6.45) is 1.14. The standard InChI is InChI=1S/C20H20P.2ClH.H3N/c1-2-21(18-12-6-3-7-13-18,19-14-8-4-9-15-19)20-16-10-5-11-17-20;;;/h3-17H,2H2,1H3;2*1H;1H3/q+1;;;/p-1. The molecule has 0 aliphatic rings. The highest BCUT2D eigenvalue weighted by Crippen LogP contribution is 2.54. The molecule has 0 amide bonds. The van der Waals surface area contributed by atoms with E-state index in [0.717, 1.165) is 6.16 Å². The Morgan fingerprint density at radius 1 is 0.583 bits per heavy atom. The van der Waals surface area contributed by atoms with E-state index in [1.54, 1.807) is 0 Å². The lowest BCUT2D eigenvalue weighted by atomic mass is 10.4. The van der Waals surface area contributed by atoms with Crippen LogP contribution in [0.3, 0.4) is 0 Å². The van der Waals surface area contributed by atoms with Gasteiger partial charge >= 0.3 is 0 Å². The maximum atomic E-state index is 2.32. The van der Waals surface area contributed by atoms with Crippen molar-refractivity contribution in [3.8, 4) is 0 Å². The molecule has 0 saturated carbocycles. The first kappa shape index (κ1) is 22.6. The highest BCUT2D eigenvalue weighted by Gasteiger charge is 2.43. The first-order chi connectivity index (χ1) is 10.4. The second kappa shape index (κ2) is 10.5. The Morgan fingerprint density at radius 3 is 1.04 bits per heavy atom. The largest absolute Gasteiger partial charge is 1.00 e. The van der Waals surface area contributed by atoms with E-state index >= 15 is 0 Å². The zero-order chi connectivity index (χ0) is 14.5. The van der Waals surface area contributed by atoms with Gasteiger partial charge in [0.1, 0.15) is 23.2 Å².